The zero-order valence-corrected chi connectivity index (χ0v) is 37.5. The Labute approximate surface area is 369 Å². The molecule has 6 aliphatic rings. The second-order valence-corrected chi connectivity index (χ2v) is 23.0. The summed E-state index contributed by atoms with van der Waals surface area (Å²) in [5.41, 5.74) is 1.31. The first kappa shape index (κ1) is 39.8. The molecule has 8 heteroatoms. The molecule has 4 aromatic rings. The van der Waals surface area contributed by atoms with Gasteiger partial charge in [0, 0.05) is 55.9 Å². The average Bonchev–Trinajstić information content (AvgIpc) is 3.87. The van der Waals surface area contributed by atoms with Crippen molar-refractivity contribution in [3.05, 3.63) is 161 Å². The normalized spacial score (nSPS) is 28.5. The Hall–Kier alpha value is -1.60. The largest absolute Gasteiger partial charge is 0.0948 e. The molecule has 0 aliphatic heterocycles. The standard InChI is InChI=1S/2C24H22Cl2S2/c2*25-17-3-7-19(8-4-17)27-21-13-23-11-1-2-12-24(23,15-21)16-22(14-23)28-20-9-5-18(26)6-10-20/h3-10,13,16H,1-2,11-12,14-15H2;3-10,13-14H,1-2,11-12,15-16H2/t23-,24+;/m0./s1. The number of rotatable bonds is 8. The second-order valence-electron chi connectivity index (χ2n) is 16.4. The molecule has 56 heavy (non-hydrogen) atoms. The minimum atomic E-state index is 0.259. The van der Waals surface area contributed by atoms with Crippen LogP contribution < -0.4 is 0 Å². The lowest BCUT2D eigenvalue weighted by atomic mass is 9.59. The summed E-state index contributed by atoms with van der Waals surface area (Å²) in [6.45, 7) is 0. The fourth-order valence-electron chi connectivity index (χ4n) is 10.4. The van der Waals surface area contributed by atoms with E-state index >= 15 is 0 Å². The van der Waals surface area contributed by atoms with E-state index in [1.165, 1.54) is 116 Å². The molecule has 4 aromatic carbocycles. The van der Waals surface area contributed by atoms with Gasteiger partial charge in [0.1, 0.15) is 0 Å². The van der Waals surface area contributed by atoms with Gasteiger partial charge in [0.05, 0.1) is 0 Å². The lowest BCUT2D eigenvalue weighted by molar-refractivity contribution is 0.102. The Balaban J connectivity index is 0.000000146. The molecule has 0 saturated heterocycles. The van der Waals surface area contributed by atoms with Gasteiger partial charge in [0.25, 0.3) is 0 Å². The number of hydrogen-bond donors (Lipinski definition) is 0. The van der Waals surface area contributed by atoms with Crippen LogP contribution in [0.4, 0.5) is 0 Å². The fourth-order valence-corrected chi connectivity index (χ4v) is 15.7. The van der Waals surface area contributed by atoms with E-state index in [-0.39, 0.29) is 5.41 Å². The third kappa shape index (κ3) is 8.14. The smallest absolute Gasteiger partial charge is 0.0406 e. The Kier molecular flexibility index (Phi) is 11.7. The number of halogens is 4. The molecular formula is C48H44Cl4S4. The van der Waals surface area contributed by atoms with Crippen LogP contribution in [-0.4, -0.2) is 0 Å². The van der Waals surface area contributed by atoms with Crippen molar-refractivity contribution in [1.29, 1.82) is 0 Å². The molecule has 0 radical (unpaired) electrons. The molecule has 0 heterocycles. The molecule has 0 unspecified atom stereocenters. The minimum Gasteiger partial charge on any atom is -0.0948 e. The predicted molar refractivity (Wildman–Crippen MR) is 247 cm³/mol. The van der Waals surface area contributed by atoms with Gasteiger partial charge in [0.2, 0.25) is 0 Å². The van der Waals surface area contributed by atoms with Gasteiger partial charge in [-0.05, 0) is 173 Å². The molecule has 2 atom stereocenters. The lowest BCUT2D eigenvalue weighted by Gasteiger charge is -2.44. The van der Waals surface area contributed by atoms with Gasteiger partial charge in [-0.25, -0.2) is 0 Å². The van der Waals surface area contributed by atoms with Crippen molar-refractivity contribution in [3.63, 3.8) is 0 Å². The van der Waals surface area contributed by atoms with Crippen LogP contribution in [0.5, 0.6) is 0 Å². The highest BCUT2D eigenvalue weighted by atomic mass is 35.5. The molecule has 0 spiro atoms. The minimum absolute atomic E-state index is 0.259. The zero-order valence-electron chi connectivity index (χ0n) is 31.2. The Morgan fingerprint density at radius 2 is 0.643 bits per heavy atom. The zero-order chi connectivity index (χ0) is 38.4. The first-order valence-corrected chi connectivity index (χ1v) is 24.5. The number of allylic oxidation sites excluding steroid dienone is 8. The van der Waals surface area contributed by atoms with Gasteiger partial charge in [-0.1, -0.05) is 143 Å². The van der Waals surface area contributed by atoms with E-state index in [4.69, 9.17) is 46.4 Å². The van der Waals surface area contributed by atoms with Crippen LogP contribution >= 0.6 is 93.5 Å². The van der Waals surface area contributed by atoms with Crippen LogP contribution in [-0.2, 0) is 0 Å². The van der Waals surface area contributed by atoms with Crippen LogP contribution in [0.3, 0.4) is 0 Å². The third-order valence-electron chi connectivity index (χ3n) is 12.9. The molecule has 0 bridgehead atoms. The molecule has 2 saturated carbocycles. The second kappa shape index (κ2) is 16.5. The molecule has 6 aliphatic carbocycles. The van der Waals surface area contributed by atoms with Crippen molar-refractivity contribution in [3.8, 4) is 0 Å². The highest BCUT2D eigenvalue weighted by Crippen LogP contribution is 2.71. The van der Waals surface area contributed by atoms with E-state index < -0.39 is 0 Å². The monoisotopic (exact) mass is 888 g/mol. The van der Waals surface area contributed by atoms with Gasteiger partial charge < -0.3 is 0 Å². The van der Waals surface area contributed by atoms with Crippen molar-refractivity contribution < 1.29 is 0 Å². The molecule has 0 aromatic heterocycles. The van der Waals surface area contributed by atoms with Gasteiger partial charge >= 0.3 is 0 Å². The van der Waals surface area contributed by atoms with Crippen molar-refractivity contribution >= 4 is 93.5 Å². The van der Waals surface area contributed by atoms with Gasteiger partial charge in [0.15, 0.2) is 0 Å². The van der Waals surface area contributed by atoms with Crippen molar-refractivity contribution in [2.45, 2.75) is 96.6 Å². The van der Waals surface area contributed by atoms with E-state index in [0.717, 1.165) is 20.1 Å². The van der Waals surface area contributed by atoms with Gasteiger partial charge in [-0.3, -0.25) is 0 Å². The molecule has 0 N–H and O–H groups in total. The Morgan fingerprint density at radius 3 is 0.982 bits per heavy atom. The molecule has 2 fully saturated rings. The Bertz CT molecular complexity index is 2060. The molecule has 288 valence electrons. The highest BCUT2D eigenvalue weighted by molar-refractivity contribution is 8.04. The van der Waals surface area contributed by atoms with Crippen LogP contribution in [0.2, 0.25) is 20.1 Å². The summed E-state index contributed by atoms with van der Waals surface area (Å²) in [7, 11) is 0. The van der Waals surface area contributed by atoms with E-state index in [9.17, 15) is 0 Å². The van der Waals surface area contributed by atoms with E-state index in [2.05, 4.69) is 72.8 Å². The predicted octanol–water partition coefficient (Wildman–Crippen LogP) is 18.0. The van der Waals surface area contributed by atoms with E-state index in [0.29, 0.717) is 16.2 Å². The number of benzene rings is 4. The third-order valence-corrected chi connectivity index (χ3v) is 18.1. The lowest BCUT2D eigenvalue weighted by Crippen LogP contribution is -2.35. The summed E-state index contributed by atoms with van der Waals surface area (Å²) < 4.78 is 0. The first-order valence-electron chi connectivity index (χ1n) is 19.7. The quantitative estimate of drug-likeness (QED) is 0.173. The summed E-state index contributed by atoms with van der Waals surface area (Å²) in [5.74, 6) is 0. The molecule has 10 rings (SSSR count). The SMILES string of the molecule is Clc1ccc(SC2=CC34C=C(Sc5ccc(Cl)cc5)CC3(CCCC4)C2)cc1.Clc1ccc(SC2=C[C@]34CCCC[C@]3(C=C(Sc3ccc(Cl)cc3)C4)C2)cc1. The average molecular weight is 891 g/mol. The van der Waals surface area contributed by atoms with Gasteiger partial charge in [-0.2, -0.15) is 0 Å². The summed E-state index contributed by atoms with van der Waals surface area (Å²) >= 11 is 31.9. The number of thioether (sulfide) groups is 4. The maximum Gasteiger partial charge on any atom is 0.0406 e. The van der Waals surface area contributed by atoms with E-state index in [1.54, 1.807) is 0 Å². The summed E-state index contributed by atoms with van der Waals surface area (Å²) in [6.07, 6.45) is 26.0. The molecular weight excluding hydrogens is 847 g/mol. The Morgan fingerprint density at radius 1 is 0.339 bits per heavy atom. The van der Waals surface area contributed by atoms with E-state index in [1.807, 2.05) is 95.6 Å². The van der Waals surface area contributed by atoms with Crippen molar-refractivity contribution in [2.24, 2.45) is 21.7 Å². The van der Waals surface area contributed by atoms with Crippen LogP contribution in [0.1, 0.15) is 77.0 Å². The summed E-state index contributed by atoms with van der Waals surface area (Å²) in [6, 6.07) is 33.0. The summed E-state index contributed by atoms with van der Waals surface area (Å²) in [5, 5.41) is 3.22. The fraction of sp³-hybridized carbons (Fsp3) is 0.333. The van der Waals surface area contributed by atoms with Crippen molar-refractivity contribution in [2.75, 3.05) is 0 Å². The van der Waals surface area contributed by atoms with Crippen molar-refractivity contribution in [1.82, 2.24) is 0 Å². The maximum absolute atomic E-state index is 6.05. The summed E-state index contributed by atoms with van der Waals surface area (Å²) in [4.78, 5) is 11.3. The van der Waals surface area contributed by atoms with Crippen LogP contribution in [0, 0.1) is 21.7 Å². The van der Waals surface area contributed by atoms with Gasteiger partial charge in [-0.15, -0.1) is 0 Å². The van der Waals surface area contributed by atoms with Crippen LogP contribution in [0.15, 0.2) is 161 Å². The number of hydrogen-bond acceptors (Lipinski definition) is 4. The molecule has 0 amide bonds. The molecule has 0 nitrogen and oxygen atoms in total. The maximum atomic E-state index is 6.05. The van der Waals surface area contributed by atoms with Crippen LogP contribution in [0.25, 0.3) is 0 Å². The first-order chi connectivity index (χ1) is 27.1. The highest BCUT2D eigenvalue weighted by Gasteiger charge is 2.58. The topological polar surface area (TPSA) is 0 Å².